The van der Waals surface area contributed by atoms with E-state index in [1.807, 2.05) is 5.32 Å². The number of nitrogens with one attached hydrogen (secondary N) is 2. The standard InChI is InChI=1S/C20H18F6N2O5/c1-3-32-16(29)18(20(24,25)26,33-13-7-5-4-6-8-13)28-17(30)27-14-11-12(19(21,22)23)9-10-15(14)31-2/h4-11H,3H2,1-2H3,(H2,27,28,30)/t18-/m1/s1. The zero-order chi connectivity index (χ0) is 24.9. The summed E-state index contributed by atoms with van der Waals surface area (Å²) in [6.45, 7) is 0.745. The third-order valence-corrected chi connectivity index (χ3v) is 4.04. The number of hydrogen-bond acceptors (Lipinski definition) is 5. The highest BCUT2D eigenvalue weighted by Crippen LogP contribution is 2.36. The molecule has 0 heterocycles. The molecule has 2 amide bonds. The highest BCUT2D eigenvalue weighted by molar-refractivity contribution is 5.95. The first-order valence-corrected chi connectivity index (χ1v) is 9.16. The Kier molecular flexibility index (Phi) is 7.67. The molecular formula is C20H18F6N2O5. The number of benzene rings is 2. The average Bonchev–Trinajstić information content (AvgIpc) is 2.72. The van der Waals surface area contributed by atoms with Crippen LogP contribution in [0.2, 0.25) is 0 Å². The fourth-order valence-electron chi connectivity index (χ4n) is 2.56. The Morgan fingerprint density at radius 3 is 2.12 bits per heavy atom. The van der Waals surface area contributed by atoms with E-state index in [2.05, 4.69) is 4.74 Å². The summed E-state index contributed by atoms with van der Waals surface area (Å²) in [5.41, 5.74) is -5.82. The fourth-order valence-corrected chi connectivity index (χ4v) is 2.56. The Labute approximate surface area is 183 Å². The Balaban J connectivity index is 2.46. The second-order valence-corrected chi connectivity index (χ2v) is 6.31. The predicted molar refractivity (Wildman–Crippen MR) is 103 cm³/mol. The lowest BCUT2D eigenvalue weighted by Gasteiger charge is -2.34. The number of ether oxygens (including phenoxy) is 3. The van der Waals surface area contributed by atoms with Gasteiger partial charge in [-0.25, -0.2) is 9.59 Å². The van der Waals surface area contributed by atoms with Gasteiger partial charge >= 0.3 is 30.1 Å². The Morgan fingerprint density at radius 2 is 1.61 bits per heavy atom. The van der Waals surface area contributed by atoms with E-state index in [1.165, 1.54) is 30.4 Å². The first kappa shape index (κ1) is 25.6. The lowest BCUT2D eigenvalue weighted by atomic mass is 10.1. The van der Waals surface area contributed by atoms with E-state index in [-0.39, 0.29) is 5.75 Å². The molecule has 0 aliphatic heterocycles. The second-order valence-electron chi connectivity index (χ2n) is 6.31. The minimum absolute atomic E-state index is 0.282. The zero-order valence-corrected chi connectivity index (χ0v) is 17.1. The summed E-state index contributed by atoms with van der Waals surface area (Å²) in [7, 11) is 1.07. The molecule has 0 aromatic heterocycles. The van der Waals surface area contributed by atoms with Gasteiger partial charge < -0.3 is 19.5 Å². The van der Waals surface area contributed by atoms with Crippen LogP contribution in [0.3, 0.4) is 0 Å². The molecule has 1 atom stereocenters. The van der Waals surface area contributed by atoms with E-state index >= 15 is 0 Å². The number of methoxy groups -OCH3 is 1. The van der Waals surface area contributed by atoms with Crippen LogP contribution in [0.1, 0.15) is 12.5 Å². The van der Waals surface area contributed by atoms with E-state index < -0.39 is 53.7 Å². The van der Waals surface area contributed by atoms with Gasteiger partial charge in [0.25, 0.3) is 0 Å². The predicted octanol–water partition coefficient (Wildman–Crippen LogP) is 4.74. The Bertz CT molecular complexity index is 981. The third kappa shape index (κ3) is 5.99. The van der Waals surface area contributed by atoms with Gasteiger partial charge in [-0.2, -0.15) is 26.3 Å². The van der Waals surface area contributed by atoms with E-state index in [9.17, 15) is 35.9 Å². The number of amides is 2. The van der Waals surface area contributed by atoms with Crippen molar-refractivity contribution in [2.45, 2.75) is 25.0 Å². The van der Waals surface area contributed by atoms with E-state index in [0.717, 1.165) is 25.3 Å². The summed E-state index contributed by atoms with van der Waals surface area (Å²) in [5, 5.41) is 3.17. The van der Waals surface area contributed by atoms with Gasteiger partial charge in [0.2, 0.25) is 0 Å². The third-order valence-electron chi connectivity index (χ3n) is 4.04. The molecule has 0 bridgehead atoms. The molecule has 0 radical (unpaired) electrons. The Morgan fingerprint density at radius 1 is 0.970 bits per heavy atom. The molecule has 2 aromatic carbocycles. The average molecular weight is 480 g/mol. The number of esters is 1. The summed E-state index contributed by atoms with van der Waals surface area (Å²) in [5.74, 6) is -2.72. The summed E-state index contributed by atoms with van der Waals surface area (Å²) in [6, 6.07) is 6.53. The summed E-state index contributed by atoms with van der Waals surface area (Å²) in [4.78, 5) is 24.8. The van der Waals surface area contributed by atoms with Crippen LogP contribution in [-0.2, 0) is 15.7 Å². The van der Waals surface area contributed by atoms with Crippen LogP contribution in [-0.4, -0.2) is 37.6 Å². The number of rotatable bonds is 7. The smallest absolute Gasteiger partial charge is 0.460 e. The van der Waals surface area contributed by atoms with Crippen molar-refractivity contribution in [3.05, 3.63) is 54.1 Å². The summed E-state index contributed by atoms with van der Waals surface area (Å²) < 4.78 is 95.3. The fraction of sp³-hybridized carbons (Fsp3) is 0.300. The minimum atomic E-state index is -5.54. The van der Waals surface area contributed by atoms with E-state index in [0.29, 0.717) is 12.1 Å². The highest BCUT2D eigenvalue weighted by atomic mass is 19.4. The van der Waals surface area contributed by atoms with Crippen molar-refractivity contribution in [3.8, 4) is 11.5 Å². The van der Waals surface area contributed by atoms with Crippen molar-refractivity contribution in [3.63, 3.8) is 0 Å². The minimum Gasteiger partial charge on any atom is -0.495 e. The molecule has 2 N–H and O–H groups in total. The number of anilines is 1. The highest BCUT2D eigenvalue weighted by Gasteiger charge is 2.66. The molecule has 180 valence electrons. The molecule has 0 fully saturated rings. The molecule has 2 aromatic rings. The van der Waals surface area contributed by atoms with Gasteiger partial charge in [-0.15, -0.1) is 0 Å². The van der Waals surface area contributed by atoms with E-state index in [4.69, 9.17) is 9.47 Å². The molecule has 0 saturated heterocycles. The molecule has 0 unspecified atom stereocenters. The molecule has 0 saturated carbocycles. The van der Waals surface area contributed by atoms with Crippen molar-refractivity contribution >= 4 is 17.7 Å². The maximum atomic E-state index is 14.1. The van der Waals surface area contributed by atoms with Gasteiger partial charge in [0.1, 0.15) is 11.5 Å². The second kappa shape index (κ2) is 9.88. The maximum absolute atomic E-state index is 14.1. The number of alkyl halides is 6. The van der Waals surface area contributed by atoms with Crippen LogP contribution in [0.4, 0.5) is 36.8 Å². The van der Waals surface area contributed by atoms with Gasteiger partial charge in [0, 0.05) is 0 Å². The topological polar surface area (TPSA) is 85.9 Å². The van der Waals surface area contributed by atoms with Gasteiger partial charge in [-0.05, 0) is 37.3 Å². The summed E-state index contributed by atoms with van der Waals surface area (Å²) >= 11 is 0. The lowest BCUT2D eigenvalue weighted by molar-refractivity contribution is -0.259. The largest absolute Gasteiger partial charge is 0.495 e. The SMILES string of the molecule is CCOC(=O)[C@@](NC(=O)Nc1cc(C(F)(F)F)ccc1OC)(Oc1ccccc1)C(F)(F)F. The van der Waals surface area contributed by atoms with Crippen LogP contribution in [0.5, 0.6) is 11.5 Å². The summed E-state index contributed by atoms with van der Waals surface area (Å²) in [6.07, 6.45) is -10.3. The quantitative estimate of drug-likeness (QED) is 0.340. The molecular weight excluding hydrogens is 462 g/mol. The monoisotopic (exact) mass is 480 g/mol. The number of urea groups is 1. The molecule has 0 aliphatic rings. The van der Waals surface area contributed by atoms with Crippen molar-refractivity contribution in [1.82, 2.24) is 5.32 Å². The first-order valence-electron chi connectivity index (χ1n) is 9.16. The molecule has 7 nitrogen and oxygen atoms in total. The Hall–Kier alpha value is -3.64. The van der Waals surface area contributed by atoms with Crippen molar-refractivity contribution < 1.29 is 50.1 Å². The van der Waals surface area contributed by atoms with Gasteiger partial charge in [0.15, 0.2) is 0 Å². The number of halogens is 6. The molecule has 13 heteroatoms. The van der Waals surface area contributed by atoms with Crippen molar-refractivity contribution in [2.75, 3.05) is 19.0 Å². The zero-order valence-electron chi connectivity index (χ0n) is 17.1. The molecule has 0 spiro atoms. The van der Waals surface area contributed by atoms with E-state index in [1.54, 1.807) is 0 Å². The lowest BCUT2D eigenvalue weighted by Crippen LogP contribution is -2.69. The molecule has 33 heavy (non-hydrogen) atoms. The van der Waals surface area contributed by atoms with Crippen LogP contribution < -0.4 is 20.1 Å². The van der Waals surface area contributed by atoms with Crippen molar-refractivity contribution in [2.24, 2.45) is 0 Å². The van der Waals surface area contributed by atoms with Crippen LogP contribution in [0.25, 0.3) is 0 Å². The number of para-hydroxylation sites is 1. The number of carbonyl (C=O) groups excluding carboxylic acids is 2. The van der Waals surface area contributed by atoms with Crippen LogP contribution >= 0.6 is 0 Å². The molecule has 2 rings (SSSR count). The van der Waals surface area contributed by atoms with Gasteiger partial charge in [0.05, 0.1) is 25.0 Å². The maximum Gasteiger partial charge on any atom is 0.460 e. The van der Waals surface area contributed by atoms with Crippen molar-refractivity contribution in [1.29, 1.82) is 0 Å². The number of carbonyl (C=O) groups is 2. The van der Waals surface area contributed by atoms with Crippen LogP contribution in [0.15, 0.2) is 48.5 Å². The van der Waals surface area contributed by atoms with Gasteiger partial charge in [-0.3, -0.25) is 5.32 Å². The first-order chi connectivity index (χ1) is 15.3. The van der Waals surface area contributed by atoms with Crippen LogP contribution in [0, 0.1) is 0 Å². The molecule has 0 aliphatic carbocycles. The normalized spacial score (nSPS) is 13.5. The number of hydrogen-bond donors (Lipinski definition) is 2. The van der Waals surface area contributed by atoms with Gasteiger partial charge in [-0.1, -0.05) is 18.2 Å².